The molecule has 39 heavy (non-hydrogen) atoms. The molecule has 4 heterocycles. The van der Waals surface area contributed by atoms with Crippen LogP contribution in [0.15, 0.2) is 54.0 Å². The fourth-order valence-corrected chi connectivity index (χ4v) is 6.65. The lowest BCUT2D eigenvalue weighted by Crippen LogP contribution is -2.36. The summed E-state index contributed by atoms with van der Waals surface area (Å²) in [5, 5.41) is 8.39. The molecule has 0 bridgehead atoms. The number of nitrogens with one attached hydrogen (secondary N) is 1. The van der Waals surface area contributed by atoms with Crippen LogP contribution in [0.4, 0.5) is 0 Å². The van der Waals surface area contributed by atoms with Crippen LogP contribution in [0.1, 0.15) is 61.4 Å². The van der Waals surface area contributed by atoms with Crippen molar-refractivity contribution >= 4 is 29.6 Å². The lowest BCUT2D eigenvalue weighted by Gasteiger charge is -2.18. The number of hydrogen-bond donors (Lipinski definition) is 2. The first-order chi connectivity index (χ1) is 18.8. The topological polar surface area (TPSA) is 117 Å². The van der Waals surface area contributed by atoms with Crippen LogP contribution in [0, 0.1) is 5.41 Å². The molecular formula is C28H29N7O3S. The summed E-state index contributed by atoms with van der Waals surface area (Å²) in [6.07, 6.45) is 9.12. The predicted molar refractivity (Wildman–Crippen MR) is 148 cm³/mol. The molecule has 2 saturated carbocycles. The molecule has 1 amide bonds. The Hall–Kier alpha value is -3.57. The molecule has 1 aromatic carbocycles. The highest BCUT2D eigenvalue weighted by Gasteiger charge is 2.66. The Balaban J connectivity index is 1.12. The minimum absolute atomic E-state index is 0.00637. The van der Waals surface area contributed by atoms with Crippen LogP contribution < -0.4 is 10.9 Å². The molecular weight excluding hydrogens is 514 g/mol. The Bertz CT molecular complexity index is 1650. The number of carbonyl (C=O) groups excluding carboxylic acids is 1. The molecule has 3 atom stereocenters. The van der Waals surface area contributed by atoms with Crippen molar-refractivity contribution in [1.82, 2.24) is 34.6 Å². The standard InChI is InChI=1S/C28H29N7O3S/c1-16(2)35-24-18(12-31-35)11-30-23(32-24)25(36)33-28(7-8-28)19-5-3-17(4-6-19)20-13-29-15-34(26(20)37)21-22(39)27(21)9-10-38-14-27/h3-6,11-13,15-16,21-22,39H,7-10,14H2,1-2H3,(H,33,36). The maximum atomic E-state index is 13.4. The van der Waals surface area contributed by atoms with Gasteiger partial charge < -0.3 is 10.1 Å². The van der Waals surface area contributed by atoms with Crippen molar-refractivity contribution in [2.45, 2.75) is 56.0 Å². The van der Waals surface area contributed by atoms with E-state index in [0.717, 1.165) is 35.8 Å². The number of amides is 1. The van der Waals surface area contributed by atoms with Gasteiger partial charge in [-0.05, 0) is 44.2 Å². The number of fused-ring (bicyclic) bond motifs is 1. The van der Waals surface area contributed by atoms with E-state index in [2.05, 4.69) is 25.4 Å². The van der Waals surface area contributed by atoms with Crippen molar-refractivity contribution in [3.8, 4) is 11.1 Å². The average molecular weight is 544 g/mol. The van der Waals surface area contributed by atoms with E-state index in [9.17, 15) is 9.59 Å². The van der Waals surface area contributed by atoms with E-state index in [-0.39, 0.29) is 40.0 Å². The SMILES string of the molecule is CC(C)n1ncc2cnc(C(=O)NC3(c4ccc(-c5cncn(C6C(S)C67CCOC7)c5=O)cc4)CC3)nc21. The first kappa shape index (κ1) is 24.5. The smallest absolute Gasteiger partial charge is 0.289 e. The molecule has 2 aliphatic carbocycles. The molecule has 3 unspecified atom stereocenters. The van der Waals surface area contributed by atoms with Gasteiger partial charge in [-0.2, -0.15) is 17.7 Å². The van der Waals surface area contributed by atoms with E-state index in [0.29, 0.717) is 24.4 Å². The van der Waals surface area contributed by atoms with Crippen LogP contribution in [0.2, 0.25) is 0 Å². The molecule has 1 spiro atoms. The third kappa shape index (κ3) is 3.81. The average Bonchev–Trinajstić information content (AvgIpc) is 3.63. The molecule has 7 rings (SSSR count). The normalized spacial score (nSPS) is 24.9. The van der Waals surface area contributed by atoms with Gasteiger partial charge in [-0.3, -0.25) is 14.2 Å². The second kappa shape index (κ2) is 8.72. The second-order valence-electron chi connectivity index (χ2n) is 11.2. The molecule has 11 heteroatoms. The summed E-state index contributed by atoms with van der Waals surface area (Å²) in [4.78, 5) is 39.8. The van der Waals surface area contributed by atoms with Crippen molar-refractivity contribution in [3.05, 3.63) is 70.9 Å². The highest BCUT2D eigenvalue weighted by atomic mass is 32.1. The Labute approximate surface area is 230 Å². The van der Waals surface area contributed by atoms with Gasteiger partial charge in [0, 0.05) is 35.7 Å². The van der Waals surface area contributed by atoms with E-state index < -0.39 is 5.54 Å². The number of carbonyl (C=O) groups is 1. The Kier molecular flexibility index (Phi) is 5.47. The van der Waals surface area contributed by atoms with E-state index in [1.807, 2.05) is 38.1 Å². The third-order valence-electron chi connectivity index (χ3n) is 8.49. The van der Waals surface area contributed by atoms with Crippen LogP contribution in [0.5, 0.6) is 0 Å². The monoisotopic (exact) mass is 543 g/mol. The molecule has 10 nitrogen and oxygen atoms in total. The van der Waals surface area contributed by atoms with Crippen molar-refractivity contribution in [2.24, 2.45) is 5.41 Å². The summed E-state index contributed by atoms with van der Waals surface area (Å²) in [5.41, 5.74) is 2.34. The number of nitrogens with zero attached hydrogens (tertiary/aromatic N) is 6. The zero-order valence-corrected chi connectivity index (χ0v) is 22.6. The maximum absolute atomic E-state index is 13.4. The van der Waals surface area contributed by atoms with Crippen LogP contribution in [-0.4, -0.2) is 53.7 Å². The van der Waals surface area contributed by atoms with E-state index in [1.54, 1.807) is 34.2 Å². The van der Waals surface area contributed by atoms with Crippen LogP contribution in [-0.2, 0) is 10.3 Å². The van der Waals surface area contributed by atoms with E-state index in [1.165, 1.54) is 0 Å². The molecule has 1 aliphatic heterocycles. The van der Waals surface area contributed by atoms with Crippen molar-refractivity contribution in [3.63, 3.8) is 0 Å². The van der Waals surface area contributed by atoms with Gasteiger partial charge in [0.25, 0.3) is 11.5 Å². The fraction of sp³-hybridized carbons (Fsp3) is 0.429. The zero-order chi connectivity index (χ0) is 26.9. The van der Waals surface area contributed by atoms with E-state index >= 15 is 0 Å². The molecule has 0 radical (unpaired) electrons. The van der Waals surface area contributed by atoms with Gasteiger partial charge in [0.2, 0.25) is 5.82 Å². The molecule has 200 valence electrons. The highest BCUT2D eigenvalue weighted by Crippen LogP contribution is 2.63. The van der Waals surface area contributed by atoms with Crippen LogP contribution in [0.25, 0.3) is 22.2 Å². The van der Waals surface area contributed by atoms with Gasteiger partial charge in [0.1, 0.15) is 0 Å². The first-order valence-electron chi connectivity index (χ1n) is 13.3. The van der Waals surface area contributed by atoms with Gasteiger partial charge in [0.05, 0.1) is 41.7 Å². The minimum atomic E-state index is -0.469. The highest BCUT2D eigenvalue weighted by molar-refractivity contribution is 7.81. The number of thiol groups is 1. The Morgan fingerprint density at radius 2 is 1.95 bits per heavy atom. The number of hydrogen-bond acceptors (Lipinski definition) is 8. The van der Waals surface area contributed by atoms with Crippen LogP contribution in [0.3, 0.4) is 0 Å². The fourth-order valence-electron chi connectivity index (χ4n) is 5.94. The van der Waals surface area contributed by atoms with Crippen molar-refractivity contribution in [1.29, 1.82) is 0 Å². The summed E-state index contributed by atoms with van der Waals surface area (Å²) < 4.78 is 9.12. The summed E-state index contributed by atoms with van der Waals surface area (Å²) in [5.74, 6) is -0.197. The number of benzene rings is 1. The molecule has 3 aromatic heterocycles. The molecule has 3 fully saturated rings. The molecule has 3 aliphatic rings. The summed E-state index contributed by atoms with van der Waals surface area (Å²) in [6.45, 7) is 5.37. The number of rotatable bonds is 6. The number of aromatic nitrogens is 6. The summed E-state index contributed by atoms with van der Waals surface area (Å²) in [7, 11) is 0. The summed E-state index contributed by atoms with van der Waals surface area (Å²) >= 11 is 4.75. The van der Waals surface area contributed by atoms with Crippen molar-refractivity contribution in [2.75, 3.05) is 13.2 Å². The van der Waals surface area contributed by atoms with Gasteiger partial charge >= 0.3 is 0 Å². The van der Waals surface area contributed by atoms with Gasteiger partial charge in [-0.1, -0.05) is 24.3 Å². The minimum Gasteiger partial charge on any atom is -0.381 e. The van der Waals surface area contributed by atoms with Crippen molar-refractivity contribution < 1.29 is 9.53 Å². The number of ether oxygens (including phenoxy) is 1. The third-order valence-corrected chi connectivity index (χ3v) is 9.28. The Morgan fingerprint density at radius 1 is 1.15 bits per heavy atom. The zero-order valence-electron chi connectivity index (χ0n) is 21.7. The first-order valence-corrected chi connectivity index (χ1v) is 13.8. The molecule has 1 N–H and O–H groups in total. The predicted octanol–water partition coefficient (Wildman–Crippen LogP) is 3.31. The quantitative estimate of drug-likeness (QED) is 0.359. The molecule has 4 aromatic rings. The van der Waals surface area contributed by atoms with Gasteiger partial charge in [-0.25, -0.2) is 19.6 Å². The van der Waals surface area contributed by atoms with Gasteiger partial charge in [-0.15, -0.1) is 0 Å². The summed E-state index contributed by atoms with van der Waals surface area (Å²) in [6, 6.07) is 7.91. The van der Waals surface area contributed by atoms with Gasteiger partial charge in [0.15, 0.2) is 5.65 Å². The largest absolute Gasteiger partial charge is 0.381 e. The lowest BCUT2D eigenvalue weighted by molar-refractivity contribution is 0.0920. The Morgan fingerprint density at radius 3 is 2.64 bits per heavy atom. The molecule has 1 saturated heterocycles. The van der Waals surface area contributed by atoms with E-state index in [4.69, 9.17) is 17.4 Å². The van der Waals surface area contributed by atoms with Crippen LogP contribution >= 0.6 is 12.6 Å². The maximum Gasteiger partial charge on any atom is 0.289 e. The second-order valence-corrected chi connectivity index (χ2v) is 11.8. The lowest BCUT2D eigenvalue weighted by atomic mass is 10.0.